The van der Waals surface area contributed by atoms with Gasteiger partial charge in [0, 0.05) is 6.54 Å². The summed E-state index contributed by atoms with van der Waals surface area (Å²) in [5, 5.41) is 22.4. The number of aliphatic carboxylic acids is 1. The predicted octanol–water partition coefficient (Wildman–Crippen LogP) is 3.13. The smallest absolute Gasteiger partial charge is 0.335 e. The van der Waals surface area contributed by atoms with E-state index in [4.69, 9.17) is 9.84 Å². The van der Waals surface area contributed by atoms with Gasteiger partial charge in [0.1, 0.15) is 5.75 Å². The van der Waals surface area contributed by atoms with Crippen molar-refractivity contribution in [2.24, 2.45) is 5.41 Å². The number of benzene rings is 2. The van der Waals surface area contributed by atoms with Crippen LogP contribution in [0.1, 0.15) is 39.9 Å². The van der Waals surface area contributed by atoms with Gasteiger partial charge in [-0.1, -0.05) is 18.2 Å². The van der Waals surface area contributed by atoms with Gasteiger partial charge in [0.05, 0.1) is 18.1 Å². The van der Waals surface area contributed by atoms with Crippen molar-refractivity contribution in [3.63, 3.8) is 0 Å². The Labute approximate surface area is 164 Å². The Balaban J connectivity index is 1.61. The lowest BCUT2D eigenvalue weighted by Gasteiger charge is -2.34. The van der Waals surface area contributed by atoms with Gasteiger partial charge in [-0.25, -0.2) is 4.79 Å². The van der Waals surface area contributed by atoms with E-state index in [2.05, 4.69) is 5.32 Å². The Morgan fingerprint density at radius 1 is 1.11 bits per heavy atom. The molecule has 1 aliphatic carbocycles. The lowest BCUT2D eigenvalue weighted by atomic mass is 9.69. The monoisotopic (exact) mass is 383 g/mol. The van der Waals surface area contributed by atoms with Gasteiger partial charge in [0.15, 0.2) is 0 Å². The van der Waals surface area contributed by atoms with Crippen LogP contribution < -0.4 is 10.1 Å². The second-order valence-electron chi connectivity index (χ2n) is 7.33. The minimum Gasteiger partial charge on any atom is -0.497 e. The van der Waals surface area contributed by atoms with Gasteiger partial charge in [-0.15, -0.1) is 0 Å². The fourth-order valence-corrected chi connectivity index (χ4v) is 3.80. The largest absolute Gasteiger partial charge is 0.497 e. The number of ether oxygens (including phenoxy) is 1. The third kappa shape index (κ3) is 4.34. The van der Waals surface area contributed by atoms with Gasteiger partial charge in [0.2, 0.25) is 0 Å². The van der Waals surface area contributed by atoms with Gasteiger partial charge in [0.25, 0.3) is 0 Å². The molecule has 0 amide bonds. The molecule has 3 N–H and O–H groups in total. The number of hydrogen-bond donors (Lipinski definition) is 3. The Bertz CT molecular complexity index is 862. The SMILES string of the molecule is COc1ccc(CNCCC2(C(=O)O)CCc3cc(C(=O)O)ccc3C2)cc1. The van der Waals surface area contributed by atoms with Gasteiger partial charge in [-0.2, -0.15) is 0 Å². The first kappa shape index (κ1) is 19.9. The number of methoxy groups -OCH3 is 1. The molecule has 0 heterocycles. The van der Waals surface area contributed by atoms with Crippen LogP contribution in [0.3, 0.4) is 0 Å². The highest BCUT2D eigenvalue weighted by Crippen LogP contribution is 2.39. The maximum Gasteiger partial charge on any atom is 0.335 e. The number of aryl methyl sites for hydroxylation is 1. The summed E-state index contributed by atoms with van der Waals surface area (Å²) in [5.41, 5.74) is 2.44. The topological polar surface area (TPSA) is 95.9 Å². The number of carboxylic acid groups (broad SMARTS) is 2. The third-order valence-electron chi connectivity index (χ3n) is 5.58. The zero-order valence-electron chi connectivity index (χ0n) is 15.9. The first-order valence-corrected chi connectivity index (χ1v) is 9.36. The molecule has 1 aliphatic rings. The predicted molar refractivity (Wildman–Crippen MR) is 105 cm³/mol. The fourth-order valence-electron chi connectivity index (χ4n) is 3.80. The Hall–Kier alpha value is -2.86. The summed E-state index contributed by atoms with van der Waals surface area (Å²) in [6.07, 6.45) is 2.06. The lowest BCUT2D eigenvalue weighted by molar-refractivity contribution is -0.150. The van der Waals surface area contributed by atoms with Crippen molar-refractivity contribution in [3.8, 4) is 5.75 Å². The molecule has 2 aromatic carbocycles. The molecule has 2 aromatic rings. The summed E-state index contributed by atoms with van der Waals surface area (Å²) in [6.45, 7) is 1.26. The molecule has 1 atom stereocenters. The molecule has 0 radical (unpaired) electrons. The van der Waals surface area contributed by atoms with Crippen molar-refractivity contribution in [1.82, 2.24) is 5.32 Å². The van der Waals surface area contributed by atoms with Crippen molar-refractivity contribution in [2.45, 2.75) is 32.2 Å². The average Bonchev–Trinajstić information content (AvgIpc) is 2.71. The molecule has 6 heteroatoms. The van der Waals surface area contributed by atoms with E-state index in [1.54, 1.807) is 25.3 Å². The molecule has 0 saturated carbocycles. The minimum absolute atomic E-state index is 0.253. The summed E-state index contributed by atoms with van der Waals surface area (Å²) < 4.78 is 5.14. The Morgan fingerprint density at radius 3 is 2.50 bits per heavy atom. The molecule has 0 bridgehead atoms. The first-order chi connectivity index (χ1) is 13.4. The summed E-state index contributed by atoms with van der Waals surface area (Å²) in [5.74, 6) is -0.937. The number of nitrogens with one attached hydrogen (secondary N) is 1. The minimum atomic E-state index is -0.958. The van der Waals surface area contributed by atoms with Crippen LogP contribution in [0.25, 0.3) is 0 Å². The van der Waals surface area contributed by atoms with E-state index in [0.717, 1.165) is 22.4 Å². The molecule has 6 nitrogen and oxygen atoms in total. The van der Waals surface area contributed by atoms with Crippen molar-refractivity contribution in [3.05, 3.63) is 64.7 Å². The number of rotatable bonds is 8. The highest BCUT2D eigenvalue weighted by molar-refractivity contribution is 5.88. The van der Waals surface area contributed by atoms with Gasteiger partial charge >= 0.3 is 11.9 Å². The van der Waals surface area contributed by atoms with E-state index >= 15 is 0 Å². The molecular formula is C22H25NO5. The van der Waals surface area contributed by atoms with Crippen molar-refractivity contribution < 1.29 is 24.5 Å². The molecule has 0 saturated heterocycles. The molecule has 3 rings (SSSR count). The van der Waals surface area contributed by atoms with Crippen LogP contribution in [-0.2, 0) is 24.2 Å². The van der Waals surface area contributed by atoms with Crippen molar-refractivity contribution >= 4 is 11.9 Å². The summed E-state index contributed by atoms with van der Waals surface area (Å²) in [7, 11) is 1.63. The summed E-state index contributed by atoms with van der Waals surface area (Å²) in [6, 6.07) is 12.8. The van der Waals surface area contributed by atoms with E-state index in [0.29, 0.717) is 38.8 Å². The van der Waals surface area contributed by atoms with Crippen LogP contribution in [0.4, 0.5) is 0 Å². The maximum absolute atomic E-state index is 12.1. The van der Waals surface area contributed by atoms with Crippen LogP contribution in [0.15, 0.2) is 42.5 Å². The number of carbonyl (C=O) groups is 2. The molecule has 0 fully saturated rings. The van der Waals surface area contributed by atoms with Crippen LogP contribution in [0, 0.1) is 5.41 Å². The van der Waals surface area contributed by atoms with E-state index in [-0.39, 0.29) is 5.56 Å². The number of hydrogen-bond acceptors (Lipinski definition) is 4. The summed E-state index contributed by atoms with van der Waals surface area (Å²) >= 11 is 0. The molecule has 0 aliphatic heterocycles. The van der Waals surface area contributed by atoms with Crippen molar-refractivity contribution in [2.75, 3.05) is 13.7 Å². The standard InChI is InChI=1S/C22H25NO5/c1-28-19-6-2-15(3-7-19)14-23-11-10-22(21(26)27)9-8-16-12-17(20(24)25)4-5-18(16)13-22/h2-7,12,23H,8-11,13-14H2,1H3,(H,24,25)(H,26,27). The van der Waals surface area contributed by atoms with Crippen LogP contribution in [0.5, 0.6) is 5.75 Å². The first-order valence-electron chi connectivity index (χ1n) is 9.36. The maximum atomic E-state index is 12.1. The quantitative estimate of drug-likeness (QED) is 0.606. The van der Waals surface area contributed by atoms with E-state index in [1.807, 2.05) is 24.3 Å². The van der Waals surface area contributed by atoms with Crippen LogP contribution in [-0.4, -0.2) is 35.8 Å². The molecule has 28 heavy (non-hydrogen) atoms. The molecule has 0 aromatic heterocycles. The second-order valence-corrected chi connectivity index (χ2v) is 7.33. The van der Waals surface area contributed by atoms with E-state index in [1.165, 1.54) is 0 Å². The fraction of sp³-hybridized carbons (Fsp3) is 0.364. The van der Waals surface area contributed by atoms with Crippen LogP contribution >= 0.6 is 0 Å². The van der Waals surface area contributed by atoms with Gasteiger partial charge in [-0.05, 0) is 73.2 Å². The van der Waals surface area contributed by atoms with Crippen molar-refractivity contribution in [1.29, 1.82) is 0 Å². The lowest BCUT2D eigenvalue weighted by Crippen LogP contribution is -2.39. The highest BCUT2D eigenvalue weighted by Gasteiger charge is 2.41. The number of carboxylic acids is 2. The third-order valence-corrected chi connectivity index (χ3v) is 5.58. The molecular weight excluding hydrogens is 358 g/mol. The molecule has 0 spiro atoms. The van der Waals surface area contributed by atoms with Crippen LogP contribution in [0.2, 0.25) is 0 Å². The summed E-state index contributed by atoms with van der Waals surface area (Å²) in [4.78, 5) is 23.2. The number of aromatic carboxylic acids is 1. The van der Waals surface area contributed by atoms with E-state index in [9.17, 15) is 14.7 Å². The second kappa shape index (κ2) is 8.44. The molecule has 1 unspecified atom stereocenters. The van der Waals surface area contributed by atoms with Gasteiger partial charge < -0.3 is 20.3 Å². The highest BCUT2D eigenvalue weighted by atomic mass is 16.5. The van der Waals surface area contributed by atoms with Gasteiger partial charge in [-0.3, -0.25) is 4.79 Å². The zero-order valence-corrected chi connectivity index (χ0v) is 15.9. The average molecular weight is 383 g/mol. The molecule has 148 valence electrons. The normalized spacial score (nSPS) is 18.3. The number of fused-ring (bicyclic) bond motifs is 1. The zero-order chi connectivity index (χ0) is 20.1. The Morgan fingerprint density at radius 2 is 1.86 bits per heavy atom. The Kier molecular flexibility index (Phi) is 5.99. The van der Waals surface area contributed by atoms with E-state index < -0.39 is 17.4 Å².